The van der Waals surface area contributed by atoms with Crippen LogP contribution in [0.15, 0.2) is 71.6 Å². The van der Waals surface area contributed by atoms with E-state index in [1.165, 1.54) is 28.6 Å². The van der Waals surface area contributed by atoms with E-state index in [2.05, 4.69) is 0 Å². The smallest absolute Gasteiger partial charge is 0.338 e. The standard InChI is InChI=1S/C24H19F2NO5S/c1-15-11-16-5-2-3-8-22(16)27(15)33(30,31)19-7-4-6-17(12-19)24(29)32-14-23(28)20-13-18(25)9-10-21(20)26/h2-10,12-13,15H,11,14H2,1H3. The van der Waals surface area contributed by atoms with Crippen molar-refractivity contribution in [3.8, 4) is 0 Å². The molecule has 33 heavy (non-hydrogen) atoms. The topological polar surface area (TPSA) is 80.8 Å². The quantitative estimate of drug-likeness (QED) is 0.399. The van der Waals surface area contributed by atoms with Crippen LogP contribution in [0.3, 0.4) is 0 Å². The average Bonchev–Trinajstić information content (AvgIpc) is 3.15. The SMILES string of the molecule is CC1Cc2ccccc2N1S(=O)(=O)c1cccc(C(=O)OCC(=O)c2cc(F)ccc2F)c1. The third kappa shape index (κ3) is 4.36. The highest BCUT2D eigenvalue weighted by Gasteiger charge is 2.36. The molecule has 0 aliphatic carbocycles. The summed E-state index contributed by atoms with van der Waals surface area (Å²) in [6.07, 6.45) is 0.565. The van der Waals surface area contributed by atoms with Crippen molar-refractivity contribution in [1.82, 2.24) is 0 Å². The Morgan fingerprint density at radius 2 is 1.79 bits per heavy atom. The number of halogens is 2. The number of Topliss-reactive ketones (excluding diaryl/α,β-unsaturated/α-hetero) is 1. The van der Waals surface area contributed by atoms with Gasteiger partial charge in [0.2, 0.25) is 5.78 Å². The molecule has 1 aliphatic heterocycles. The van der Waals surface area contributed by atoms with Crippen LogP contribution < -0.4 is 4.31 Å². The Morgan fingerprint density at radius 3 is 2.58 bits per heavy atom. The van der Waals surface area contributed by atoms with Gasteiger partial charge in [-0.05, 0) is 61.4 Å². The van der Waals surface area contributed by atoms with Crippen molar-refractivity contribution < 1.29 is 31.5 Å². The molecule has 3 aromatic rings. The maximum Gasteiger partial charge on any atom is 0.338 e. The highest BCUT2D eigenvalue weighted by molar-refractivity contribution is 7.92. The van der Waals surface area contributed by atoms with E-state index in [0.717, 1.165) is 17.7 Å². The molecule has 1 aliphatic rings. The van der Waals surface area contributed by atoms with Crippen molar-refractivity contribution in [2.24, 2.45) is 0 Å². The first kappa shape index (κ1) is 22.6. The molecule has 0 saturated heterocycles. The number of carbonyl (C=O) groups excluding carboxylic acids is 2. The molecule has 0 N–H and O–H groups in total. The second-order valence-electron chi connectivity index (χ2n) is 7.63. The van der Waals surface area contributed by atoms with Gasteiger partial charge < -0.3 is 4.74 Å². The van der Waals surface area contributed by atoms with Crippen molar-refractivity contribution >= 4 is 27.5 Å². The van der Waals surface area contributed by atoms with Gasteiger partial charge in [-0.15, -0.1) is 0 Å². The molecule has 1 unspecified atom stereocenters. The van der Waals surface area contributed by atoms with Gasteiger partial charge in [0.25, 0.3) is 10.0 Å². The molecular weight excluding hydrogens is 452 g/mol. The number of rotatable bonds is 6. The Bertz CT molecular complexity index is 1360. The maximum atomic E-state index is 13.7. The van der Waals surface area contributed by atoms with Crippen LogP contribution in [-0.4, -0.2) is 32.8 Å². The summed E-state index contributed by atoms with van der Waals surface area (Å²) < 4.78 is 60.0. The number of hydrogen-bond donors (Lipinski definition) is 0. The van der Waals surface area contributed by atoms with Gasteiger partial charge in [-0.1, -0.05) is 24.3 Å². The van der Waals surface area contributed by atoms with Crippen LogP contribution in [0.5, 0.6) is 0 Å². The van der Waals surface area contributed by atoms with Gasteiger partial charge in [-0.25, -0.2) is 22.0 Å². The molecule has 0 aromatic heterocycles. The molecule has 0 spiro atoms. The second-order valence-corrected chi connectivity index (χ2v) is 9.45. The van der Waals surface area contributed by atoms with Crippen molar-refractivity contribution in [3.63, 3.8) is 0 Å². The molecule has 0 saturated carbocycles. The third-order valence-electron chi connectivity index (χ3n) is 5.33. The summed E-state index contributed by atoms with van der Waals surface area (Å²) in [4.78, 5) is 24.5. The summed E-state index contributed by atoms with van der Waals surface area (Å²) in [7, 11) is -3.97. The number of benzene rings is 3. The van der Waals surface area contributed by atoms with Gasteiger partial charge in [0.05, 0.1) is 21.7 Å². The molecule has 1 heterocycles. The van der Waals surface area contributed by atoms with Gasteiger partial charge in [0.1, 0.15) is 11.6 Å². The van der Waals surface area contributed by atoms with Crippen LogP contribution in [-0.2, 0) is 21.2 Å². The van der Waals surface area contributed by atoms with E-state index in [0.29, 0.717) is 18.2 Å². The van der Waals surface area contributed by atoms with Crippen molar-refractivity contribution in [3.05, 3.63) is 95.1 Å². The monoisotopic (exact) mass is 471 g/mol. The lowest BCUT2D eigenvalue weighted by Crippen LogP contribution is -2.35. The zero-order valence-corrected chi connectivity index (χ0v) is 18.3. The minimum Gasteiger partial charge on any atom is -0.454 e. The number of ketones is 1. The molecule has 6 nitrogen and oxygen atoms in total. The lowest BCUT2D eigenvalue weighted by atomic mass is 10.1. The summed E-state index contributed by atoms with van der Waals surface area (Å²) >= 11 is 0. The molecule has 0 amide bonds. The fourth-order valence-electron chi connectivity index (χ4n) is 3.80. The largest absolute Gasteiger partial charge is 0.454 e. The van der Waals surface area contributed by atoms with E-state index >= 15 is 0 Å². The van der Waals surface area contributed by atoms with Crippen LogP contribution in [0.25, 0.3) is 0 Å². The first-order chi connectivity index (χ1) is 15.7. The molecule has 0 fully saturated rings. The van der Waals surface area contributed by atoms with Crippen molar-refractivity contribution in [2.75, 3.05) is 10.9 Å². The predicted molar refractivity (Wildman–Crippen MR) is 117 cm³/mol. The summed E-state index contributed by atoms with van der Waals surface area (Å²) in [6, 6.07) is 14.5. The number of fused-ring (bicyclic) bond motifs is 1. The Morgan fingerprint density at radius 1 is 1.03 bits per heavy atom. The third-order valence-corrected chi connectivity index (χ3v) is 7.26. The maximum absolute atomic E-state index is 13.7. The number of nitrogens with zero attached hydrogens (tertiary/aromatic N) is 1. The summed E-state index contributed by atoms with van der Waals surface area (Å²) in [5, 5.41) is 0. The Labute approximate surface area is 189 Å². The van der Waals surface area contributed by atoms with Gasteiger partial charge in [0.15, 0.2) is 6.61 Å². The Balaban J connectivity index is 1.53. The van der Waals surface area contributed by atoms with Gasteiger partial charge in [-0.2, -0.15) is 0 Å². The van der Waals surface area contributed by atoms with E-state index in [9.17, 15) is 26.8 Å². The summed E-state index contributed by atoms with van der Waals surface area (Å²) in [5.41, 5.74) is 0.859. The molecule has 1 atom stereocenters. The average molecular weight is 471 g/mol. The number of sulfonamides is 1. The highest BCUT2D eigenvalue weighted by atomic mass is 32.2. The number of anilines is 1. The molecule has 170 valence electrons. The zero-order valence-electron chi connectivity index (χ0n) is 17.5. The van der Waals surface area contributed by atoms with E-state index in [1.54, 1.807) is 19.1 Å². The number of hydrogen-bond acceptors (Lipinski definition) is 5. The second kappa shape index (κ2) is 8.74. The van der Waals surface area contributed by atoms with E-state index < -0.39 is 45.6 Å². The molecule has 9 heteroatoms. The van der Waals surface area contributed by atoms with Crippen LogP contribution in [0.4, 0.5) is 14.5 Å². The van der Waals surface area contributed by atoms with Gasteiger partial charge >= 0.3 is 5.97 Å². The van der Waals surface area contributed by atoms with Gasteiger partial charge in [0, 0.05) is 6.04 Å². The molecule has 3 aromatic carbocycles. The predicted octanol–water partition coefficient (Wildman–Crippen LogP) is 4.14. The summed E-state index contributed by atoms with van der Waals surface area (Å²) in [5.74, 6) is -3.63. The van der Waals surface area contributed by atoms with Crippen LogP contribution in [0, 0.1) is 11.6 Å². The number of para-hydroxylation sites is 1. The number of ether oxygens (including phenoxy) is 1. The minimum absolute atomic E-state index is 0.0938. The van der Waals surface area contributed by atoms with E-state index in [1.807, 2.05) is 12.1 Å². The highest BCUT2D eigenvalue weighted by Crippen LogP contribution is 2.36. The van der Waals surface area contributed by atoms with Crippen LogP contribution in [0.2, 0.25) is 0 Å². The minimum atomic E-state index is -3.97. The number of esters is 1. The fraction of sp³-hybridized carbons (Fsp3) is 0.167. The normalized spacial score (nSPS) is 15.2. The molecule has 0 bridgehead atoms. The fourth-order valence-corrected chi connectivity index (χ4v) is 5.54. The van der Waals surface area contributed by atoms with E-state index in [-0.39, 0.29) is 16.5 Å². The van der Waals surface area contributed by atoms with Crippen molar-refractivity contribution in [2.45, 2.75) is 24.3 Å². The number of carbonyl (C=O) groups is 2. The molecular formula is C24H19F2NO5S. The molecule has 0 radical (unpaired) electrons. The van der Waals surface area contributed by atoms with Gasteiger partial charge in [-0.3, -0.25) is 9.10 Å². The summed E-state index contributed by atoms with van der Waals surface area (Å²) in [6.45, 7) is 0.972. The zero-order chi connectivity index (χ0) is 23.8. The Kier molecular flexibility index (Phi) is 5.99. The lowest BCUT2D eigenvalue weighted by molar-refractivity contribution is 0.0473. The van der Waals surface area contributed by atoms with E-state index in [4.69, 9.17) is 4.74 Å². The molecule has 4 rings (SSSR count). The van der Waals surface area contributed by atoms with Crippen molar-refractivity contribution in [1.29, 1.82) is 0 Å². The lowest BCUT2D eigenvalue weighted by Gasteiger charge is -2.24. The van der Waals surface area contributed by atoms with Crippen LogP contribution >= 0.6 is 0 Å². The Hall–Kier alpha value is -3.59. The van der Waals surface area contributed by atoms with Crippen LogP contribution in [0.1, 0.15) is 33.2 Å². The first-order valence-electron chi connectivity index (χ1n) is 10.1. The first-order valence-corrected chi connectivity index (χ1v) is 11.5.